The van der Waals surface area contributed by atoms with Crippen LogP contribution in [0.25, 0.3) is 10.9 Å². The van der Waals surface area contributed by atoms with Gasteiger partial charge in [0.25, 0.3) is 0 Å². The molecule has 4 nitrogen and oxygen atoms in total. The molecule has 0 radical (unpaired) electrons. The van der Waals surface area contributed by atoms with Crippen molar-refractivity contribution in [2.24, 2.45) is 5.73 Å². The number of hydrogen-bond donors (Lipinski definition) is 2. The number of rotatable bonds is 7. The third-order valence-electron chi connectivity index (χ3n) is 4.80. The molecule has 0 amide bonds. The second-order valence-electron chi connectivity index (χ2n) is 6.81. The zero-order valence-corrected chi connectivity index (χ0v) is 17.4. The van der Waals surface area contributed by atoms with E-state index in [-0.39, 0.29) is 5.25 Å². The van der Waals surface area contributed by atoms with E-state index < -0.39 is 9.84 Å². The Morgan fingerprint density at radius 1 is 0.862 bits per heavy atom. The van der Waals surface area contributed by atoms with Gasteiger partial charge in [-0.1, -0.05) is 66.7 Å². The van der Waals surface area contributed by atoms with Gasteiger partial charge >= 0.3 is 0 Å². The van der Waals surface area contributed by atoms with Crippen molar-refractivity contribution in [3.63, 3.8) is 0 Å². The number of aromatic nitrogens is 1. The highest BCUT2D eigenvalue weighted by Gasteiger charge is 2.27. The van der Waals surface area contributed by atoms with E-state index in [0.29, 0.717) is 26.7 Å². The highest BCUT2D eigenvalue weighted by atomic mass is 32.2. The Kier molecular flexibility index (Phi) is 5.76. The van der Waals surface area contributed by atoms with Gasteiger partial charge in [0.05, 0.1) is 9.92 Å². The highest BCUT2D eigenvalue weighted by molar-refractivity contribution is 8.00. The van der Waals surface area contributed by atoms with Crippen LogP contribution in [0.2, 0.25) is 0 Å². The summed E-state index contributed by atoms with van der Waals surface area (Å²) in [5.41, 5.74) is 8.03. The molecule has 0 aliphatic rings. The van der Waals surface area contributed by atoms with E-state index in [4.69, 9.17) is 5.73 Å². The first-order valence-corrected chi connectivity index (χ1v) is 11.8. The Balaban J connectivity index is 1.78. The fourth-order valence-electron chi connectivity index (χ4n) is 3.38. The largest absolute Gasteiger partial charge is 0.349 e. The molecule has 0 saturated heterocycles. The van der Waals surface area contributed by atoms with Crippen molar-refractivity contribution in [3.8, 4) is 0 Å². The molecule has 29 heavy (non-hydrogen) atoms. The third-order valence-corrected chi connectivity index (χ3v) is 8.02. The second-order valence-corrected chi connectivity index (χ2v) is 10.0. The van der Waals surface area contributed by atoms with Crippen LogP contribution in [0, 0.1) is 0 Å². The van der Waals surface area contributed by atoms with E-state index in [1.165, 1.54) is 17.3 Å². The maximum absolute atomic E-state index is 13.5. The number of nitrogens with one attached hydrogen (secondary N) is 1. The van der Waals surface area contributed by atoms with Crippen LogP contribution >= 0.6 is 11.8 Å². The minimum Gasteiger partial charge on any atom is -0.349 e. The third kappa shape index (κ3) is 4.10. The summed E-state index contributed by atoms with van der Waals surface area (Å²) >= 11 is 1.50. The second kappa shape index (κ2) is 8.45. The number of H-pyrrole nitrogens is 1. The van der Waals surface area contributed by atoms with E-state index >= 15 is 0 Å². The summed E-state index contributed by atoms with van der Waals surface area (Å²) in [5, 5.41) is 1.39. The SMILES string of the molecule is NCC(Cc1ccccc1)Sc1[nH]c2ccccc2c1S(=O)(=O)c1ccccc1. The van der Waals surface area contributed by atoms with Crippen molar-refractivity contribution in [1.29, 1.82) is 0 Å². The molecule has 3 aromatic carbocycles. The molecule has 1 heterocycles. The molecule has 0 bridgehead atoms. The fourth-order valence-corrected chi connectivity index (χ4v) is 6.45. The average Bonchev–Trinajstić information content (AvgIpc) is 3.13. The minimum atomic E-state index is -3.67. The molecule has 0 spiro atoms. The summed E-state index contributed by atoms with van der Waals surface area (Å²) in [7, 11) is -3.67. The first-order chi connectivity index (χ1) is 14.1. The first-order valence-electron chi connectivity index (χ1n) is 9.41. The van der Waals surface area contributed by atoms with E-state index in [1.807, 2.05) is 48.5 Å². The lowest BCUT2D eigenvalue weighted by Crippen LogP contribution is -2.19. The Labute approximate surface area is 175 Å². The van der Waals surface area contributed by atoms with Crippen LogP contribution in [0.5, 0.6) is 0 Å². The normalized spacial score (nSPS) is 12.9. The van der Waals surface area contributed by atoms with Gasteiger partial charge in [0, 0.05) is 22.7 Å². The molecule has 4 rings (SSSR count). The number of thioether (sulfide) groups is 1. The average molecular weight is 423 g/mol. The van der Waals surface area contributed by atoms with Crippen molar-refractivity contribution in [2.45, 2.75) is 26.5 Å². The van der Waals surface area contributed by atoms with Crippen molar-refractivity contribution >= 4 is 32.5 Å². The molecular weight excluding hydrogens is 400 g/mol. The molecule has 0 aliphatic heterocycles. The first kappa shape index (κ1) is 19.8. The number of nitrogens with two attached hydrogens (primary N) is 1. The zero-order chi connectivity index (χ0) is 20.3. The molecule has 0 fully saturated rings. The highest BCUT2D eigenvalue weighted by Crippen LogP contribution is 2.38. The van der Waals surface area contributed by atoms with E-state index in [1.54, 1.807) is 24.3 Å². The maximum atomic E-state index is 13.5. The predicted octanol–water partition coefficient (Wildman–Crippen LogP) is 4.66. The lowest BCUT2D eigenvalue weighted by atomic mass is 10.1. The van der Waals surface area contributed by atoms with Gasteiger partial charge in [-0.25, -0.2) is 8.42 Å². The monoisotopic (exact) mass is 422 g/mol. The van der Waals surface area contributed by atoms with Crippen LogP contribution in [0.15, 0.2) is 99.7 Å². The number of para-hydroxylation sites is 1. The van der Waals surface area contributed by atoms with Gasteiger partial charge in [-0.3, -0.25) is 0 Å². The molecule has 0 saturated carbocycles. The van der Waals surface area contributed by atoms with Crippen LogP contribution in [0.4, 0.5) is 0 Å². The summed E-state index contributed by atoms with van der Waals surface area (Å²) in [6, 6.07) is 26.2. The summed E-state index contributed by atoms with van der Waals surface area (Å²) < 4.78 is 27.0. The Morgan fingerprint density at radius 3 is 2.17 bits per heavy atom. The van der Waals surface area contributed by atoms with Gasteiger partial charge in [-0.2, -0.15) is 0 Å². The van der Waals surface area contributed by atoms with Crippen LogP contribution < -0.4 is 5.73 Å². The van der Waals surface area contributed by atoms with Crippen LogP contribution in [0.3, 0.4) is 0 Å². The lowest BCUT2D eigenvalue weighted by Gasteiger charge is -2.15. The van der Waals surface area contributed by atoms with Crippen molar-refractivity contribution in [1.82, 2.24) is 4.98 Å². The molecule has 0 aliphatic carbocycles. The molecule has 1 atom stereocenters. The number of benzene rings is 3. The van der Waals surface area contributed by atoms with Gasteiger partial charge < -0.3 is 10.7 Å². The summed E-state index contributed by atoms with van der Waals surface area (Å²) in [6.07, 6.45) is 0.766. The summed E-state index contributed by atoms with van der Waals surface area (Å²) in [4.78, 5) is 3.94. The maximum Gasteiger partial charge on any atom is 0.209 e. The lowest BCUT2D eigenvalue weighted by molar-refractivity contribution is 0.595. The molecule has 1 aromatic heterocycles. The topological polar surface area (TPSA) is 76.0 Å². The molecule has 1 unspecified atom stereocenters. The fraction of sp³-hybridized carbons (Fsp3) is 0.130. The predicted molar refractivity (Wildman–Crippen MR) is 119 cm³/mol. The van der Waals surface area contributed by atoms with Crippen molar-refractivity contribution < 1.29 is 8.42 Å². The van der Waals surface area contributed by atoms with Crippen molar-refractivity contribution in [3.05, 3.63) is 90.5 Å². The van der Waals surface area contributed by atoms with Crippen LogP contribution in [-0.4, -0.2) is 25.2 Å². The molecule has 3 N–H and O–H groups in total. The number of hydrogen-bond acceptors (Lipinski definition) is 4. The summed E-state index contributed by atoms with van der Waals surface area (Å²) in [6.45, 7) is 0.444. The van der Waals surface area contributed by atoms with Gasteiger partial charge in [0.1, 0.15) is 4.90 Å². The molecular formula is C23H22N2O2S2. The van der Waals surface area contributed by atoms with Gasteiger partial charge in [-0.05, 0) is 30.2 Å². The smallest absolute Gasteiger partial charge is 0.209 e. The van der Waals surface area contributed by atoms with Gasteiger partial charge in [-0.15, -0.1) is 11.8 Å². The zero-order valence-electron chi connectivity index (χ0n) is 15.8. The van der Waals surface area contributed by atoms with E-state index in [2.05, 4.69) is 17.1 Å². The van der Waals surface area contributed by atoms with E-state index in [0.717, 1.165) is 11.9 Å². The molecule has 6 heteroatoms. The summed E-state index contributed by atoms with van der Waals surface area (Å²) in [5.74, 6) is 0. The quantitative estimate of drug-likeness (QED) is 0.425. The Bertz CT molecular complexity index is 1200. The number of sulfone groups is 1. The van der Waals surface area contributed by atoms with Crippen LogP contribution in [-0.2, 0) is 16.3 Å². The van der Waals surface area contributed by atoms with E-state index in [9.17, 15) is 8.42 Å². The Morgan fingerprint density at radius 2 is 1.48 bits per heavy atom. The molecule has 4 aromatic rings. The number of fused-ring (bicyclic) bond motifs is 1. The van der Waals surface area contributed by atoms with Gasteiger partial charge in [0.2, 0.25) is 9.84 Å². The molecule has 148 valence electrons. The van der Waals surface area contributed by atoms with Crippen LogP contribution in [0.1, 0.15) is 5.56 Å². The van der Waals surface area contributed by atoms with Crippen molar-refractivity contribution in [2.75, 3.05) is 6.54 Å². The number of aromatic amines is 1. The Hall–Kier alpha value is -2.54. The minimum absolute atomic E-state index is 0.0511. The van der Waals surface area contributed by atoms with Gasteiger partial charge in [0.15, 0.2) is 0 Å². The standard InChI is InChI=1S/C23H22N2O2S2/c24-16-18(15-17-9-3-1-4-10-17)28-23-22(20-13-7-8-14-21(20)25-23)29(26,27)19-11-5-2-6-12-19/h1-14,18,25H,15-16,24H2.